The fourth-order valence-corrected chi connectivity index (χ4v) is 2.32. The van der Waals surface area contributed by atoms with Gasteiger partial charge in [-0.2, -0.15) is 0 Å². The number of rotatable bonds is 3. The predicted molar refractivity (Wildman–Crippen MR) is 64.5 cm³/mol. The third-order valence-electron chi connectivity index (χ3n) is 2.21. The van der Waals surface area contributed by atoms with Crippen LogP contribution in [-0.4, -0.2) is 31.1 Å². The number of halogens is 6. The van der Waals surface area contributed by atoms with E-state index in [1.54, 1.807) is 0 Å². The number of hydrogen-bond donors (Lipinski definition) is 1. The van der Waals surface area contributed by atoms with Crippen molar-refractivity contribution in [2.45, 2.75) is 6.18 Å². The summed E-state index contributed by atoms with van der Waals surface area (Å²) in [6.07, 6.45) is -4.74. The fraction of sp³-hybridized carbons (Fsp3) is 0.200. The van der Waals surface area contributed by atoms with Gasteiger partial charge in [-0.25, -0.2) is 0 Å². The second kappa shape index (κ2) is 8.15. The number of benzene rings is 1. The largest absolute Gasteiger partial charge is 1.00 e. The monoisotopic (exact) mass is 373 g/mol. The molecule has 11 heteroatoms. The van der Waals surface area contributed by atoms with Gasteiger partial charge in [0.1, 0.15) is 0 Å². The van der Waals surface area contributed by atoms with E-state index in [1.165, 1.54) is 6.07 Å². The molecule has 112 valence electrons. The van der Waals surface area contributed by atoms with Crippen LogP contribution in [0.25, 0.3) is 11.4 Å². The summed E-state index contributed by atoms with van der Waals surface area (Å²) in [5, 5.41) is 3.90. The molecule has 2 rings (SSSR count). The molecule has 0 aliphatic heterocycles. The van der Waals surface area contributed by atoms with E-state index in [0.717, 1.165) is 17.6 Å². The van der Waals surface area contributed by atoms with Crippen molar-refractivity contribution in [1.82, 2.24) is 9.36 Å². The van der Waals surface area contributed by atoms with Gasteiger partial charge >= 0.3 is 118 Å². The molecule has 1 aromatic carbocycles. The first kappa shape index (κ1) is 20.4. The molecule has 0 spiro atoms. The van der Waals surface area contributed by atoms with Crippen LogP contribution in [0.3, 0.4) is 0 Å². The SMILES string of the molecule is Fc1ccc(-c2nsc(N[CH2][Al+2])n2)cc1C(F)(F)F.[Cl-].[Cl-]. The number of nitrogens with zero attached hydrogens (tertiary/aromatic N) is 2. The zero-order valence-corrected chi connectivity index (χ0v) is 13.6. The minimum atomic E-state index is -4.74. The third kappa shape index (κ3) is 4.97. The molecule has 0 atom stereocenters. The van der Waals surface area contributed by atoms with Crippen LogP contribution in [0.1, 0.15) is 5.56 Å². The normalized spacial score (nSPS) is 10.6. The Bertz CT molecular complexity index is 594. The van der Waals surface area contributed by atoms with Gasteiger partial charge < -0.3 is 24.8 Å². The first-order valence-electron chi connectivity index (χ1n) is 5.06. The summed E-state index contributed by atoms with van der Waals surface area (Å²) in [5.41, 5.74) is -1.19. The minimum Gasteiger partial charge on any atom is -1.00 e. The molecule has 3 nitrogen and oxygen atoms in total. The molecule has 0 bridgehead atoms. The minimum absolute atomic E-state index is 0. The fourth-order valence-electron chi connectivity index (χ4n) is 1.38. The van der Waals surface area contributed by atoms with Gasteiger partial charge in [0, 0.05) is 0 Å². The number of anilines is 1. The van der Waals surface area contributed by atoms with Gasteiger partial charge in [-0.1, -0.05) is 0 Å². The van der Waals surface area contributed by atoms with Gasteiger partial charge in [0.15, 0.2) is 0 Å². The first-order chi connectivity index (χ1) is 8.91. The number of aromatic nitrogens is 2. The van der Waals surface area contributed by atoms with Crippen molar-refractivity contribution in [2.24, 2.45) is 0 Å². The third-order valence-corrected chi connectivity index (χ3v) is 3.09. The Kier molecular flexibility index (Phi) is 7.92. The van der Waals surface area contributed by atoms with Crippen LogP contribution in [0.15, 0.2) is 18.2 Å². The van der Waals surface area contributed by atoms with Crippen LogP contribution in [-0.2, 0) is 6.18 Å². The van der Waals surface area contributed by atoms with E-state index in [0.29, 0.717) is 16.6 Å². The second-order valence-electron chi connectivity index (χ2n) is 3.50. The Morgan fingerprint density at radius 2 is 1.90 bits per heavy atom. The van der Waals surface area contributed by atoms with Gasteiger partial charge in [-0.15, -0.1) is 0 Å². The van der Waals surface area contributed by atoms with Gasteiger partial charge in [0.05, 0.1) is 0 Å². The molecule has 1 heterocycles. The molecule has 0 unspecified atom stereocenters. The Labute approximate surface area is 142 Å². The predicted octanol–water partition coefficient (Wildman–Crippen LogP) is -3.09. The zero-order valence-electron chi connectivity index (χ0n) is 10.1. The van der Waals surface area contributed by atoms with E-state index < -0.39 is 17.6 Å². The number of nitrogens with one attached hydrogen (secondary N) is 1. The van der Waals surface area contributed by atoms with Gasteiger partial charge in [0.25, 0.3) is 0 Å². The Morgan fingerprint density at radius 1 is 1.24 bits per heavy atom. The topological polar surface area (TPSA) is 37.8 Å². The molecule has 0 amide bonds. The Morgan fingerprint density at radius 3 is 2.48 bits per heavy atom. The van der Waals surface area contributed by atoms with Gasteiger partial charge in [-0.3, -0.25) is 0 Å². The molecular formula is C10H6AlCl2F4N3S. The summed E-state index contributed by atoms with van der Waals surface area (Å²) < 4.78 is 54.8. The van der Waals surface area contributed by atoms with Crippen LogP contribution in [0.4, 0.5) is 22.7 Å². The first-order valence-corrected chi connectivity index (χ1v) is 6.65. The van der Waals surface area contributed by atoms with E-state index >= 15 is 0 Å². The second-order valence-corrected chi connectivity index (χ2v) is 4.66. The average molecular weight is 374 g/mol. The summed E-state index contributed by atoms with van der Waals surface area (Å²) in [6, 6.07) is 2.70. The maximum atomic E-state index is 13.1. The van der Waals surface area contributed by atoms with Crippen LogP contribution in [0.5, 0.6) is 0 Å². The quantitative estimate of drug-likeness (QED) is 0.458. The van der Waals surface area contributed by atoms with E-state index in [-0.39, 0.29) is 36.2 Å². The molecule has 2 aromatic rings. The molecule has 21 heavy (non-hydrogen) atoms. The molecule has 0 aliphatic carbocycles. The molecule has 1 N–H and O–H groups in total. The van der Waals surface area contributed by atoms with E-state index in [4.69, 9.17) is 0 Å². The Balaban J connectivity index is 0.00000200. The van der Waals surface area contributed by atoms with E-state index in [2.05, 4.69) is 31.0 Å². The zero-order chi connectivity index (χ0) is 14.0. The average Bonchev–Trinajstić information content (AvgIpc) is 2.77. The van der Waals surface area contributed by atoms with Crippen LogP contribution < -0.4 is 30.1 Å². The van der Waals surface area contributed by atoms with Gasteiger partial charge in [0.2, 0.25) is 0 Å². The van der Waals surface area contributed by atoms with Crippen molar-refractivity contribution >= 4 is 33.0 Å². The van der Waals surface area contributed by atoms with Gasteiger partial charge in [-0.05, 0) is 0 Å². The standard InChI is InChI=1S/C10H6F4N3S.Al.2ClH/c1-15-9-16-8(17-18-9)5-2-3-7(11)6(4-5)10(12,13)14;;;/h2-4H,1H2,(H,15,16,17);;2*1H/q;+2;;/p-2. The summed E-state index contributed by atoms with van der Waals surface area (Å²) in [7, 11) is 0. The number of hydrogen-bond acceptors (Lipinski definition) is 4. The molecule has 0 fully saturated rings. The van der Waals surface area contributed by atoms with Crippen molar-refractivity contribution in [2.75, 3.05) is 10.7 Å². The molecule has 0 saturated carbocycles. The van der Waals surface area contributed by atoms with E-state index in [9.17, 15) is 17.6 Å². The molecule has 0 saturated heterocycles. The van der Waals surface area contributed by atoms with Crippen LogP contribution >= 0.6 is 11.5 Å². The van der Waals surface area contributed by atoms with Crippen LogP contribution in [0.2, 0.25) is 0 Å². The maximum absolute atomic E-state index is 13.1. The van der Waals surface area contributed by atoms with E-state index in [1.807, 2.05) is 0 Å². The maximum Gasteiger partial charge on any atom is -1.00 e. The molecule has 1 aromatic heterocycles. The Hall–Kier alpha value is -0.588. The number of alkyl halides is 3. The van der Waals surface area contributed by atoms with Crippen molar-refractivity contribution < 1.29 is 42.4 Å². The molecular weight excluding hydrogens is 368 g/mol. The van der Waals surface area contributed by atoms with Crippen molar-refractivity contribution in [3.05, 3.63) is 29.6 Å². The summed E-state index contributed by atoms with van der Waals surface area (Å²) >= 11 is 3.45. The summed E-state index contributed by atoms with van der Waals surface area (Å²) in [6.45, 7) is 0. The van der Waals surface area contributed by atoms with Crippen molar-refractivity contribution in [1.29, 1.82) is 0 Å². The van der Waals surface area contributed by atoms with Crippen molar-refractivity contribution in [3.63, 3.8) is 0 Å². The molecule has 0 aliphatic rings. The molecule has 0 radical (unpaired) electrons. The smallest absolute Gasteiger partial charge is 1.00 e. The van der Waals surface area contributed by atoms with Crippen molar-refractivity contribution in [3.8, 4) is 11.4 Å². The van der Waals surface area contributed by atoms with Crippen LogP contribution in [0, 0.1) is 5.82 Å². The summed E-state index contributed by atoms with van der Waals surface area (Å²) in [4.78, 5) is 4.02. The summed E-state index contributed by atoms with van der Waals surface area (Å²) in [5.74, 6) is -1.17.